The Bertz CT molecular complexity index is 396. The van der Waals surface area contributed by atoms with Gasteiger partial charge >= 0.3 is 0 Å². The highest BCUT2D eigenvalue weighted by Crippen LogP contribution is 2.43. The van der Waals surface area contributed by atoms with Crippen molar-refractivity contribution in [2.75, 3.05) is 14.2 Å². The molecular formula is C13H19ClO3. The third-order valence-corrected chi connectivity index (χ3v) is 2.99. The van der Waals surface area contributed by atoms with Gasteiger partial charge in [-0.2, -0.15) is 0 Å². The fourth-order valence-corrected chi connectivity index (χ4v) is 1.93. The lowest BCUT2D eigenvalue weighted by Gasteiger charge is -2.28. The maximum Gasteiger partial charge on any atom is 0.147 e. The summed E-state index contributed by atoms with van der Waals surface area (Å²) in [6, 6.07) is 3.51. The van der Waals surface area contributed by atoms with Crippen LogP contribution in [0.1, 0.15) is 32.4 Å². The summed E-state index contributed by atoms with van der Waals surface area (Å²) in [6.07, 6.45) is -0.652. The van der Waals surface area contributed by atoms with Crippen molar-refractivity contribution < 1.29 is 14.6 Å². The summed E-state index contributed by atoms with van der Waals surface area (Å²) < 4.78 is 10.4. The summed E-state index contributed by atoms with van der Waals surface area (Å²) in [5.74, 6) is 1.00. The number of ether oxygens (including phenoxy) is 2. The molecule has 0 heterocycles. The van der Waals surface area contributed by atoms with Crippen molar-refractivity contribution in [3.8, 4) is 11.5 Å². The number of halogens is 1. The molecule has 1 rings (SSSR count). The van der Waals surface area contributed by atoms with E-state index in [1.807, 2.05) is 20.8 Å². The smallest absolute Gasteiger partial charge is 0.147 e. The number of hydrogen-bond donors (Lipinski definition) is 1. The van der Waals surface area contributed by atoms with Gasteiger partial charge in [0, 0.05) is 5.56 Å². The fraction of sp³-hybridized carbons (Fsp3) is 0.538. The second-order valence-corrected chi connectivity index (χ2v) is 5.35. The van der Waals surface area contributed by atoms with Crippen LogP contribution >= 0.6 is 11.6 Å². The van der Waals surface area contributed by atoms with Crippen LogP contribution in [0.25, 0.3) is 0 Å². The first-order valence-corrected chi connectivity index (χ1v) is 5.79. The van der Waals surface area contributed by atoms with Crippen molar-refractivity contribution >= 4 is 11.6 Å². The topological polar surface area (TPSA) is 38.7 Å². The molecule has 1 unspecified atom stereocenters. The van der Waals surface area contributed by atoms with Crippen molar-refractivity contribution in [1.82, 2.24) is 0 Å². The van der Waals surface area contributed by atoms with Gasteiger partial charge in [0.15, 0.2) is 0 Å². The van der Waals surface area contributed by atoms with E-state index in [2.05, 4.69) is 0 Å². The number of benzene rings is 1. The maximum atomic E-state index is 10.3. The quantitative estimate of drug-likeness (QED) is 0.903. The third-order valence-electron chi connectivity index (χ3n) is 2.63. The second kappa shape index (κ2) is 5.15. The number of hydrogen-bond acceptors (Lipinski definition) is 3. The summed E-state index contributed by atoms with van der Waals surface area (Å²) in [7, 11) is 3.07. The van der Waals surface area contributed by atoms with E-state index in [1.54, 1.807) is 19.2 Å². The highest BCUT2D eigenvalue weighted by Gasteiger charge is 2.28. The van der Waals surface area contributed by atoms with Gasteiger partial charge in [-0.05, 0) is 17.5 Å². The Hall–Kier alpha value is -0.930. The van der Waals surface area contributed by atoms with Crippen LogP contribution in [0.2, 0.25) is 5.02 Å². The van der Waals surface area contributed by atoms with E-state index >= 15 is 0 Å². The van der Waals surface area contributed by atoms with Crippen LogP contribution in [-0.4, -0.2) is 19.3 Å². The lowest BCUT2D eigenvalue weighted by atomic mass is 9.84. The molecule has 0 aliphatic carbocycles. The Kier molecular flexibility index (Phi) is 4.28. The first kappa shape index (κ1) is 14.1. The van der Waals surface area contributed by atoms with Crippen LogP contribution in [0, 0.1) is 5.41 Å². The normalized spacial score (nSPS) is 13.4. The molecule has 17 heavy (non-hydrogen) atoms. The van der Waals surface area contributed by atoms with Crippen molar-refractivity contribution in [3.05, 3.63) is 22.7 Å². The minimum absolute atomic E-state index is 0.287. The summed E-state index contributed by atoms with van der Waals surface area (Å²) >= 11 is 6.15. The molecule has 1 aromatic carbocycles. The molecule has 4 heteroatoms. The standard InChI is InChI=1S/C13H19ClO3/c1-13(2,3)12(15)8-6-7-9(16-4)10(14)11(8)17-5/h6-7,12,15H,1-5H3. The van der Waals surface area contributed by atoms with Gasteiger partial charge in [-0.1, -0.05) is 32.4 Å². The maximum absolute atomic E-state index is 10.3. The highest BCUT2D eigenvalue weighted by atomic mass is 35.5. The molecule has 0 saturated heterocycles. The summed E-state index contributed by atoms with van der Waals surface area (Å²) in [4.78, 5) is 0. The number of aliphatic hydroxyl groups excluding tert-OH is 1. The third kappa shape index (κ3) is 2.85. The zero-order valence-electron chi connectivity index (χ0n) is 10.9. The van der Waals surface area contributed by atoms with Crippen LogP contribution in [-0.2, 0) is 0 Å². The second-order valence-electron chi connectivity index (χ2n) is 4.97. The molecule has 0 aliphatic heterocycles. The SMILES string of the molecule is COc1ccc(C(O)C(C)(C)C)c(OC)c1Cl. The molecule has 1 N–H and O–H groups in total. The van der Waals surface area contributed by atoms with Crippen LogP contribution in [0.5, 0.6) is 11.5 Å². The average Bonchev–Trinajstić information content (AvgIpc) is 2.26. The molecule has 0 aromatic heterocycles. The lowest BCUT2D eigenvalue weighted by Crippen LogP contribution is -2.18. The fourth-order valence-electron chi connectivity index (χ4n) is 1.60. The van der Waals surface area contributed by atoms with E-state index in [-0.39, 0.29) is 5.41 Å². The van der Waals surface area contributed by atoms with Gasteiger partial charge in [0.25, 0.3) is 0 Å². The zero-order chi connectivity index (χ0) is 13.2. The molecule has 0 saturated carbocycles. The molecular weight excluding hydrogens is 240 g/mol. The van der Waals surface area contributed by atoms with E-state index in [0.29, 0.717) is 22.1 Å². The summed E-state index contributed by atoms with van der Waals surface area (Å²) in [5.41, 5.74) is 0.386. The Morgan fingerprint density at radius 2 is 1.76 bits per heavy atom. The van der Waals surface area contributed by atoms with Crippen molar-refractivity contribution in [1.29, 1.82) is 0 Å². The molecule has 0 radical (unpaired) electrons. The van der Waals surface area contributed by atoms with Crippen LogP contribution < -0.4 is 9.47 Å². The van der Waals surface area contributed by atoms with Crippen LogP contribution in [0.4, 0.5) is 0 Å². The van der Waals surface area contributed by atoms with Gasteiger partial charge < -0.3 is 14.6 Å². The van der Waals surface area contributed by atoms with Crippen molar-refractivity contribution in [2.45, 2.75) is 26.9 Å². The molecule has 0 aliphatic rings. The van der Waals surface area contributed by atoms with E-state index < -0.39 is 6.10 Å². The lowest BCUT2D eigenvalue weighted by molar-refractivity contribution is 0.0603. The van der Waals surface area contributed by atoms with Gasteiger partial charge in [0.2, 0.25) is 0 Å². The van der Waals surface area contributed by atoms with E-state index in [0.717, 1.165) is 0 Å². The number of rotatable bonds is 3. The highest BCUT2D eigenvalue weighted by molar-refractivity contribution is 6.33. The zero-order valence-corrected chi connectivity index (χ0v) is 11.6. The molecule has 0 amide bonds. The first-order valence-electron chi connectivity index (χ1n) is 5.41. The van der Waals surface area contributed by atoms with Gasteiger partial charge in [0.1, 0.15) is 16.5 Å². The molecule has 0 fully saturated rings. The Balaban J connectivity index is 3.31. The molecule has 96 valence electrons. The Morgan fingerprint density at radius 1 is 1.18 bits per heavy atom. The van der Waals surface area contributed by atoms with Crippen LogP contribution in [0.3, 0.4) is 0 Å². The largest absolute Gasteiger partial charge is 0.495 e. The Morgan fingerprint density at radius 3 is 2.18 bits per heavy atom. The summed E-state index contributed by atoms with van der Waals surface area (Å²) in [5, 5.41) is 10.7. The minimum atomic E-state index is -0.652. The minimum Gasteiger partial charge on any atom is -0.495 e. The average molecular weight is 259 g/mol. The number of methoxy groups -OCH3 is 2. The summed E-state index contributed by atoms with van der Waals surface area (Å²) in [6.45, 7) is 5.86. The van der Waals surface area contributed by atoms with Crippen molar-refractivity contribution in [2.24, 2.45) is 5.41 Å². The Labute approximate surface area is 107 Å². The van der Waals surface area contributed by atoms with E-state index in [4.69, 9.17) is 21.1 Å². The molecule has 1 atom stereocenters. The van der Waals surface area contributed by atoms with E-state index in [9.17, 15) is 5.11 Å². The predicted octanol–water partition coefficient (Wildman–Crippen LogP) is 3.44. The monoisotopic (exact) mass is 258 g/mol. The van der Waals surface area contributed by atoms with Crippen LogP contribution in [0.15, 0.2) is 12.1 Å². The van der Waals surface area contributed by atoms with Gasteiger partial charge in [-0.15, -0.1) is 0 Å². The van der Waals surface area contributed by atoms with Gasteiger partial charge in [-0.25, -0.2) is 0 Å². The van der Waals surface area contributed by atoms with E-state index in [1.165, 1.54) is 7.11 Å². The van der Waals surface area contributed by atoms with Crippen molar-refractivity contribution in [3.63, 3.8) is 0 Å². The number of aliphatic hydroxyl groups is 1. The molecule has 0 bridgehead atoms. The molecule has 3 nitrogen and oxygen atoms in total. The van der Waals surface area contributed by atoms with Gasteiger partial charge in [0.05, 0.1) is 20.3 Å². The molecule has 0 spiro atoms. The predicted molar refractivity (Wildman–Crippen MR) is 69.0 cm³/mol. The first-order chi connectivity index (χ1) is 7.82. The van der Waals surface area contributed by atoms with Gasteiger partial charge in [-0.3, -0.25) is 0 Å². The molecule has 1 aromatic rings.